The number of hydrogen-bond donors (Lipinski definition) is 1. The van der Waals surface area contributed by atoms with E-state index in [0.29, 0.717) is 6.04 Å². The molecule has 5 rings (SSSR count). The highest BCUT2D eigenvalue weighted by Crippen LogP contribution is 2.61. The molecular weight excluding hydrogens is 244 g/mol. The van der Waals surface area contributed by atoms with Crippen molar-refractivity contribution in [2.45, 2.75) is 70.3 Å². The second-order valence-corrected chi connectivity index (χ2v) is 8.59. The van der Waals surface area contributed by atoms with Crippen LogP contribution in [0.4, 0.5) is 0 Å². The van der Waals surface area contributed by atoms with Crippen molar-refractivity contribution in [3.8, 4) is 0 Å². The normalized spacial score (nSPS) is 47.9. The van der Waals surface area contributed by atoms with Crippen LogP contribution in [0.1, 0.15) is 64.2 Å². The summed E-state index contributed by atoms with van der Waals surface area (Å²) in [6, 6.07) is 0.692. The molecule has 4 aliphatic carbocycles. The van der Waals surface area contributed by atoms with E-state index in [9.17, 15) is 0 Å². The minimum atomic E-state index is 0.692. The monoisotopic (exact) mass is 276 g/mol. The summed E-state index contributed by atoms with van der Waals surface area (Å²) in [5.41, 5.74) is 6.74. The summed E-state index contributed by atoms with van der Waals surface area (Å²) in [5.74, 6) is 3.31. The van der Waals surface area contributed by atoms with Gasteiger partial charge in [-0.3, -0.25) is 4.90 Å². The number of piperidine rings is 1. The molecule has 1 heterocycles. The maximum absolute atomic E-state index is 5.99. The number of rotatable bonds is 4. The van der Waals surface area contributed by atoms with E-state index >= 15 is 0 Å². The maximum atomic E-state index is 5.99. The van der Waals surface area contributed by atoms with Gasteiger partial charge >= 0.3 is 0 Å². The molecule has 4 bridgehead atoms. The summed E-state index contributed by atoms with van der Waals surface area (Å²) >= 11 is 0. The number of nitrogens with two attached hydrogens (primary N) is 1. The Morgan fingerprint density at radius 1 is 0.950 bits per heavy atom. The quantitative estimate of drug-likeness (QED) is 0.852. The van der Waals surface area contributed by atoms with Crippen LogP contribution in [0.3, 0.4) is 0 Å². The molecule has 0 spiro atoms. The van der Waals surface area contributed by atoms with Crippen molar-refractivity contribution in [3.05, 3.63) is 0 Å². The first-order valence-corrected chi connectivity index (χ1v) is 9.20. The van der Waals surface area contributed by atoms with Crippen LogP contribution >= 0.6 is 0 Å². The number of nitrogens with zero attached hydrogens (tertiary/aromatic N) is 1. The molecule has 0 amide bonds. The Labute approximate surface area is 124 Å². The average molecular weight is 276 g/mol. The molecule has 114 valence electrons. The Kier molecular flexibility index (Phi) is 3.58. The molecule has 2 heteroatoms. The molecule has 5 fully saturated rings. The van der Waals surface area contributed by atoms with E-state index < -0.39 is 0 Å². The lowest BCUT2D eigenvalue weighted by Gasteiger charge is -2.57. The second-order valence-electron chi connectivity index (χ2n) is 8.59. The summed E-state index contributed by atoms with van der Waals surface area (Å²) in [7, 11) is 0. The molecule has 1 saturated heterocycles. The van der Waals surface area contributed by atoms with Crippen molar-refractivity contribution >= 4 is 0 Å². The summed E-state index contributed by atoms with van der Waals surface area (Å²) in [5, 5.41) is 0. The zero-order chi connectivity index (χ0) is 13.6. The lowest BCUT2D eigenvalue weighted by atomic mass is 9.49. The Morgan fingerprint density at radius 3 is 2.20 bits per heavy atom. The van der Waals surface area contributed by atoms with Gasteiger partial charge in [0.1, 0.15) is 0 Å². The van der Waals surface area contributed by atoms with E-state index in [1.54, 1.807) is 38.5 Å². The minimum absolute atomic E-state index is 0.692. The van der Waals surface area contributed by atoms with Gasteiger partial charge in [-0.15, -0.1) is 0 Å². The van der Waals surface area contributed by atoms with E-state index in [0.717, 1.165) is 29.7 Å². The molecule has 20 heavy (non-hydrogen) atoms. The average Bonchev–Trinajstić information content (AvgIpc) is 2.44. The first kappa shape index (κ1) is 13.6. The SMILES string of the molecule is NCC1CCCCN1CCC12CC3CC(CC(C3)C1)C2. The maximum Gasteiger partial charge on any atom is 0.0218 e. The molecular formula is C18H32N2. The highest BCUT2D eigenvalue weighted by atomic mass is 15.2. The predicted octanol–water partition coefficient (Wildman–Crippen LogP) is 3.41. The van der Waals surface area contributed by atoms with Crippen LogP contribution in [-0.4, -0.2) is 30.6 Å². The summed E-state index contributed by atoms with van der Waals surface area (Å²) in [6.45, 7) is 3.53. The Morgan fingerprint density at radius 2 is 1.60 bits per heavy atom. The van der Waals surface area contributed by atoms with Gasteiger partial charge in [0, 0.05) is 12.6 Å². The largest absolute Gasteiger partial charge is 0.329 e. The zero-order valence-electron chi connectivity index (χ0n) is 13.0. The molecule has 0 aromatic rings. The van der Waals surface area contributed by atoms with Gasteiger partial charge in [-0.2, -0.15) is 0 Å². The van der Waals surface area contributed by atoms with E-state index in [4.69, 9.17) is 5.73 Å². The third kappa shape index (κ3) is 2.43. The van der Waals surface area contributed by atoms with Crippen LogP contribution in [0.2, 0.25) is 0 Å². The van der Waals surface area contributed by atoms with Crippen molar-refractivity contribution < 1.29 is 0 Å². The predicted molar refractivity (Wildman–Crippen MR) is 83.5 cm³/mol. The molecule has 2 nitrogen and oxygen atoms in total. The van der Waals surface area contributed by atoms with E-state index in [1.807, 2.05) is 0 Å². The van der Waals surface area contributed by atoms with Gasteiger partial charge in [-0.25, -0.2) is 0 Å². The molecule has 4 saturated carbocycles. The standard InChI is InChI=1S/C18H32N2/c19-13-17-3-1-2-5-20(17)6-4-18-10-14-7-15(11-18)9-16(8-14)12-18/h14-17H,1-13,19H2. The molecule has 5 aliphatic rings. The van der Waals surface area contributed by atoms with Crippen LogP contribution < -0.4 is 5.73 Å². The minimum Gasteiger partial charge on any atom is -0.329 e. The molecule has 2 N–H and O–H groups in total. The van der Waals surface area contributed by atoms with E-state index in [-0.39, 0.29) is 0 Å². The van der Waals surface area contributed by atoms with Crippen LogP contribution in [0.15, 0.2) is 0 Å². The molecule has 0 aromatic carbocycles. The van der Waals surface area contributed by atoms with Gasteiger partial charge in [0.05, 0.1) is 0 Å². The fourth-order valence-electron chi connectivity index (χ4n) is 6.60. The van der Waals surface area contributed by atoms with Crippen molar-refractivity contribution in [2.75, 3.05) is 19.6 Å². The lowest BCUT2D eigenvalue weighted by molar-refractivity contribution is -0.0632. The summed E-state index contributed by atoms with van der Waals surface area (Å²) < 4.78 is 0. The smallest absolute Gasteiger partial charge is 0.0218 e. The topological polar surface area (TPSA) is 29.3 Å². The fourth-order valence-corrected chi connectivity index (χ4v) is 6.60. The Hall–Kier alpha value is -0.0800. The molecule has 1 atom stereocenters. The first-order valence-electron chi connectivity index (χ1n) is 9.20. The Balaban J connectivity index is 1.39. The Bertz CT molecular complexity index is 316. The molecule has 0 aromatic heterocycles. The van der Waals surface area contributed by atoms with Gasteiger partial charge < -0.3 is 5.73 Å². The van der Waals surface area contributed by atoms with Gasteiger partial charge in [0.2, 0.25) is 0 Å². The number of hydrogen-bond acceptors (Lipinski definition) is 2. The fraction of sp³-hybridized carbons (Fsp3) is 1.00. The third-order valence-electron chi connectivity index (χ3n) is 7.12. The lowest BCUT2D eigenvalue weighted by Crippen LogP contribution is -2.49. The number of likely N-dealkylation sites (tertiary alicyclic amines) is 1. The van der Waals surface area contributed by atoms with Crippen LogP contribution in [0.5, 0.6) is 0 Å². The van der Waals surface area contributed by atoms with Gasteiger partial charge in [0.25, 0.3) is 0 Å². The molecule has 1 unspecified atom stereocenters. The molecule has 1 aliphatic heterocycles. The second kappa shape index (κ2) is 5.28. The summed E-state index contributed by atoms with van der Waals surface area (Å²) in [4.78, 5) is 2.74. The summed E-state index contributed by atoms with van der Waals surface area (Å²) in [6.07, 6.45) is 15.1. The van der Waals surface area contributed by atoms with Crippen molar-refractivity contribution in [2.24, 2.45) is 28.9 Å². The highest BCUT2D eigenvalue weighted by Gasteiger charge is 2.50. The molecule has 0 radical (unpaired) electrons. The van der Waals surface area contributed by atoms with Crippen molar-refractivity contribution in [1.82, 2.24) is 4.90 Å². The highest BCUT2D eigenvalue weighted by molar-refractivity contribution is 5.01. The van der Waals surface area contributed by atoms with Crippen molar-refractivity contribution in [1.29, 1.82) is 0 Å². The van der Waals surface area contributed by atoms with E-state index in [2.05, 4.69) is 4.90 Å². The van der Waals surface area contributed by atoms with Crippen LogP contribution in [0.25, 0.3) is 0 Å². The third-order valence-corrected chi connectivity index (χ3v) is 7.12. The van der Waals surface area contributed by atoms with E-state index in [1.165, 1.54) is 38.8 Å². The zero-order valence-corrected chi connectivity index (χ0v) is 13.0. The van der Waals surface area contributed by atoms with Crippen LogP contribution in [-0.2, 0) is 0 Å². The van der Waals surface area contributed by atoms with Gasteiger partial charge in [-0.1, -0.05) is 6.42 Å². The van der Waals surface area contributed by atoms with Crippen LogP contribution in [0, 0.1) is 23.2 Å². The first-order chi connectivity index (χ1) is 9.76. The van der Waals surface area contributed by atoms with Gasteiger partial charge in [-0.05, 0) is 94.0 Å². The van der Waals surface area contributed by atoms with Gasteiger partial charge in [0.15, 0.2) is 0 Å². The van der Waals surface area contributed by atoms with Crippen molar-refractivity contribution in [3.63, 3.8) is 0 Å².